The summed E-state index contributed by atoms with van der Waals surface area (Å²) < 4.78 is 16.3. The number of likely N-dealkylation sites (tertiary alicyclic amines) is 1. The van der Waals surface area contributed by atoms with E-state index in [2.05, 4.69) is 17.2 Å². The van der Waals surface area contributed by atoms with Gasteiger partial charge in [-0.15, -0.1) is 5.92 Å². The number of rotatable bonds is 6. The summed E-state index contributed by atoms with van der Waals surface area (Å²) in [5, 5.41) is 3.21. The van der Waals surface area contributed by atoms with Crippen molar-refractivity contribution in [3.63, 3.8) is 0 Å². The van der Waals surface area contributed by atoms with Gasteiger partial charge in [-0.25, -0.2) is 4.79 Å². The Balaban J connectivity index is 2.17. The Morgan fingerprint density at radius 1 is 1.43 bits per heavy atom. The van der Waals surface area contributed by atoms with Crippen LogP contribution in [-0.2, 0) is 9.47 Å². The summed E-state index contributed by atoms with van der Waals surface area (Å²) in [5.74, 6) is 5.56. The lowest BCUT2D eigenvalue weighted by molar-refractivity contribution is 0.00452. The van der Waals surface area contributed by atoms with Gasteiger partial charge >= 0.3 is 6.09 Å². The van der Waals surface area contributed by atoms with Crippen molar-refractivity contribution >= 4 is 29.3 Å². The zero-order valence-electron chi connectivity index (χ0n) is 17.7. The lowest BCUT2D eigenvalue weighted by Crippen LogP contribution is -2.56. The molecule has 3 N–H and O–H groups in total. The van der Waals surface area contributed by atoms with Gasteiger partial charge in [0.25, 0.3) is 5.91 Å². The van der Waals surface area contributed by atoms with Gasteiger partial charge in [-0.1, -0.05) is 17.5 Å². The summed E-state index contributed by atoms with van der Waals surface area (Å²) in [6, 6.07) is 2.69. The van der Waals surface area contributed by atoms with Crippen molar-refractivity contribution in [1.29, 1.82) is 0 Å². The number of ether oxygens (including phenoxy) is 3. The summed E-state index contributed by atoms with van der Waals surface area (Å²) in [6.45, 7) is 6.29. The number of halogens is 1. The Hall–Kier alpha value is -2.63. The number of hydrogen-bond donors (Lipinski definition) is 2. The molecule has 3 unspecified atom stereocenters. The van der Waals surface area contributed by atoms with E-state index in [4.69, 9.17) is 31.5 Å². The van der Waals surface area contributed by atoms with E-state index in [0.717, 1.165) is 0 Å². The topological polar surface area (TPSA) is 103 Å². The van der Waals surface area contributed by atoms with Gasteiger partial charge in [0.1, 0.15) is 5.75 Å². The van der Waals surface area contributed by atoms with Crippen LogP contribution in [0.25, 0.3) is 0 Å². The Bertz CT molecular complexity index is 836. The van der Waals surface area contributed by atoms with Crippen molar-refractivity contribution in [1.82, 2.24) is 10.2 Å². The molecular weight excluding hydrogens is 410 g/mol. The molecule has 30 heavy (non-hydrogen) atoms. The predicted octanol–water partition coefficient (Wildman–Crippen LogP) is 2.69. The number of carbonyl (C=O) groups excluding carboxylic acids is 2. The maximum atomic E-state index is 13.0. The molecule has 9 heteroatoms. The minimum Gasteiger partial charge on any atom is -0.477 e. The molecule has 1 aliphatic rings. The number of nitrogen functional groups attached to an aromatic ring is 1. The van der Waals surface area contributed by atoms with Gasteiger partial charge in [0.05, 0.1) is 41.6 Å². The molecule has 0 spiro atoms. The minimum absolute atomic E-state index is 0.252. The van der Waals surface area contributed by atoms with E-state index in [1.807, 2.05) is 0 Å². The number of amides is 2. The Morgan fingerprint density at radius 3 is 2.80 bits per heavy atom. The van der Waals surface area contributed by atoms with Gasteiger partial charge < -0.3 is 30.2 Å². The van der Waals surface area contributed by atoms with Crippen molar-refractivity contribution in [2.24, 2.45) is 0 Å². The molecule has 164 valence electrons. The van der Waals surface area contributed by atoms with E-state index >= 15 is 0 Å². The number of anilines is 1. The lowest BCUT2D eigenvalue weighted by atomic mass is 10.0. The van der Waals surface area contributed by atoms with Gasteiger partial charge in [-0.05, 0) is 33.3 Å². The molecule has 1 aromatic carbocycles. The molecule has 1 saturated heterocycles. The van der Waals surface area contributed by atoms with Gasteiger partial charge in [0.15, 0.2) is 6.10 Å². The Morgan fingerprint density at radius 2 is 2.17 bits per heavy atom. The van der Waals surface area contributed by atoms with E-state index in [1.165, 1.54) is 19.2 Å². The molecule has 8 nitrogen and oxygen atoms in total. The first-order chi connectivity index (χ1) is 14.3. The molecule has 0 aliphatic carbocycles. The van der Waals surface area contributed by atoms with E-state index in [1.54, 1.807) is 25.7 Å². The quantitative estimate of drug-likeness (QED) is 0.524. The second-order valence-corrected chi connectivity index (χ2v) is 7.22. The van der Waals surface area contributed by atoms with Crippen LogP contribution in [0.1, 0.15) is 37.6 Å². The third-order valence-corrected chi connectivity index (χ3v) is 5.03. The maximum absolute atomic E-state index is 13.0. The summed E-state index contributed by atoms with van der Waals surface area (Å²) >= 11 is 6.14. The molecule has 0 saturated carbocycles. The molecule has 3 atom stereocenters. The predicted molar refractivity (Wildman–Crippen MR) is 115 cm³/mol. The standard InChI is InChI=1S/C21H28ClN3O5/c1-5-7-13(3)30-18-11-16(23)15(22)10-14(18)20(26)24-17-8-9-25(12-19(17)28-4)21(27)29-6-2/h10-11,13,17,19H,6,8-9,12,23H2,1-4H3,(H,24,26). The highest BCUT2D eigenvalue weighted by molar-refractivity contribution is 6.33. The number of benzene rings is 1. The smallest absolute Gasteiger partial charge is 0.409 e. The van der Waals surface area contributed by atoms with Crippen molar-refractivity contribution in [2.45, 2.75) is 45.4 Å². The Kier molecular flexibility index (Phi) is 8.63. The molecule has 1 aliphatic heterocycles. The van der Waals surface area contributed by atoms with E-state index < -0.39 is 12.2 Å². The van der Waals surface area contributed by atoms with Crippen molar-refractivity contribution < 1.29 is 23.8 Å². The SMILES string of the molecule is CC#CC(C)Oc1cc(N)c(Cl)cc1C(=O)NC1CCN(C(=O)OCC)CC1OC. The van der Waals surface area contributed by atoms with Crippen LogP contribution in [0.3, 0.4) is 0 Å². The molecule has 0 aromatic heterocycles. The first-order valence-electron chi connectivity index (χ1n) is 9.73. The van der Waals surface area contributed by atoms with Gasteiger partial charge in [0, 0.05) is 19.7 Å². The van der Waals surface area contributed by atoms with Crippen LogP contribution < -0.4 is 15.8 Å². The van der Waals surface area contributed by atoms with Crippen molar-refractivity contribution in [3.8, 4) is 17.6 Å². The summed E-state index contributed by atoms with van der Waals surface area (Å²) in [4.78, 5) is 26.6. The fourth-order valence-electron chi connectivity index (χ4n) is 3.21. The normalized spacial score (nSPS) is 19.3. The molecule has 0 bridgehead atoms. The van der Waals surface area contributed by atoms with E-state index in [-0.39, 0.29) is 28.6 Å². The number of nitrogens with two attached hydrogens (primary N) is 1. The molecule has 1 fully saturated rings. The molecule has 1 aromatic rings. The average molecular weight is 438 g/mol. The van der Waals surface area contributed by atoms with Crippen LogP contribution in [0, 0.1) is 11.8 Å². The van der Waals surface area contributed by atoms with Gasteiger partial charge in [0.2, 0.25) is 0 Å². The van der Waals surface area contributed by atoms with Gasteiger partial charge in [-0.2, -0.15) is 0 Å². The van der Waals surface area contributed by atoms with Crippen molar-refractivity contribution in [3.05, 3.63) is 22.7 Å². The fraction of sp³-hybridized carbons (Fsp3) is 0.524. The second-order valence-electron chi connectivity index (χ2n) is 6.81. The van der Waals surface area contributed by atoms with Crippen LogP contribution in [0.15, 0.2) is 12.1 Å². The first-order valence-corrected chi connectivity index (χ1v) is 10.1. The van der Waals surface area contributed by atoms with E-state index in [0.29, 0.717) is 37.6 Å². The van der Waals surface area contributed by atoms with Crippen LogP contribution in [0.2, 0.25) is 5.02 Å². The zero-order chi connectivity index (χ0) is 22.3. The van der Waals surface area contributed by atoms with Gasteiger partial charge in [-0.3, -0.25) is 4.79 Å². The zero-order valence-corrected chi connectivity index (χ0v) is 18.4. The number of piperidine rings is 1. The number of nitrogens with zero attached hydrogens (tertiary/aromatic N) is 1. The van der Waals surface area contributed by atoms with E-state index in [9.17, 15) is 9.59 Å². The molecule has 1 heterocycles. The van der Waals surface area contributed by atoms with Crippen LogP contribution >= 0.6 is 11.6 Å². The highest BCUT2D eigenvalue weighted by Crippen LogP contribution is 2.30. The molecule has 0 radical (unpaired) electrons. The lowest BCUT2D eigenvalue weighted by Gasteiger charge is -2.37. The Labute approximate surface area is 182 Å². The summed E-state index contributed by atoms with van der Waals surface area (Å²) in [5.41, 5.74) is 6.44. The third kappa shape index (κ3) is 5.94. The number of carbonyl (C=O) groups is 2. The largest absolute Gasteiger partial charge is 0.477 e. The monoisotopic (exact) mass is 437 g/mol. The first kappa shape index (κ1) is 23.6. The minimum atomic E-state index is -0.429. The van der Waals surface area contributed by atoms with Crippen molar-refractivity contribution in [2.75, 3.05) is 32.5 Å². The second kappa shape index (κ2) is 11.0. The summed E-state index contributed by atoms with van der Waals surface area (Å²) in [6.07, 6.45) is -0.691. The molecule has 2 amide bonds. The average Bonchev–Trinajstić information content (AvgIpc) is 2.71. The highest BCUT2D eigenvalue weighted by Gasteiger charge is 2.34. The number of nitrogens with one attached hydrogen (secondary N) is 1. The highest BCUT2D eigenvalue weighted by atomic mass is 35.5. The maximum Gasteiger partial charge on any atom is 0.409 e. The molecular formula is C21H28ClN3O5. The number of hydrogen-bond acceptors (Lipinski definition) is 6. The van der Waals surface area contributed by atoms with Crippen LogP contribution in [-0.4, -0.2) is 62.0 Å². The summed E-state index contributed by atoms with van der Waals surface area (Å²) in [7, 11) is 1.54. The molecule has 2 rings (SSSR count). The van der Waals surface area contributed by atoms with Crippen LogP contribution in [0.4, 0.5) is 10.5 Å². The number of methoxy groups -OCH3 is 1. The third-order valence-electron chi connectivity index (χ3n) is 4.70. The fourth-order valence-corrected chi connectivity index (χ4v) is 3.38. The van der Waals surface area contributed by atoms with Crippen LogP contribution in [0.5, 0.6) is 5.75 Å².